The van der Waals surface area contributed by atoms with Gasteiger partial charge < -0.3 is 4.57 Å². The van der Waals surface area contributed by atoms with E-state index in [0.717, 1.165) is 25.2 Å². The van der Waals surface area contributed by atoms with Gasteiger partial charge in [0.05, 0.1) is 0 Å². The van der Waals surface area contributed by atoms with Gasteiger partial charge in [0.15, 0.2) is 0 Å². The van der Waals surface area contributed by atoms with Crippen LogP contribution in [0.25, 0.3) is 0 Å². The molecule has 2 heterocycles. The average Bonchev–Trinajstić information content (AvgIpc) is 2.75. The lowest BCUT2D eigenvalue weighted by Gasteiger charge is -2.05. The van der Waals surface area contributed by atoms with Crippen LogP contribution in [0.15, 0.2) is 36.9 Å². The van der Waals surface area contributed by atoms with Gasteiger partial charge in [0.25, 0.3) is 0 Å². The molecule has 3 heteroatoms. The van der Waals surface area contributed by atoms with Crippen LogP contribution in [0.5, 0.6) is 0 Å². The maximum Gasteiger partial charge on any atom is 0.108 e. The van der Waals surface area contributed by atoms with Gasteiger partial charge in [-0.2, -0.15) is 0 Å². The zero-order chi connectivity index (χ0) is 10.5. The second-order valence-electron chi connectivity index (χ2n) is 3.50. The SMILES string of the molecule is CCc1nccn1CCc1ccncc1. The summed E-state index contributed by atoms with van der Waals surface area (Å²) >= 11 is 0. The summed E-state index contributed by atoms with van der Waals surface area (Å²) in [5.74, 6) is 1.16. The molecule has 0 N–H and O–H groups in total. The van der Waals surface area contributed by atoms with E-state index in [1.165, 1.54) is 5.56 Å². The van der Waals surface area contributed by atoms with Crippen molar-refractivity contribution in [3.63, 3.8) is 0 Å². The predicted molar refractivity (Wildman–Crippen MR) is 59.5 cm³/mol. The second-order valence-corrected chi connectivity index (χ2v) is 3.50. The van der Waals surface area contributed by atoms with Crippen molar-refractivity contribution in [3.8, 4) is 0 Å². The number of aromatic nitrogens is 3. The average molecular weight is 201 g/mol. The molecule has 0 amide bonds. The van der Waals surface area contributed by atoms with Gasteiger partial charge in [-0.15, -0.1) is 0 Å². The number of aryl methyl sites for hydroxylation is 3. The minimum atomic E-state index is 0.989. The molecule has 15 heavy (non-hydrogen) atoms. The summed E-state index contributed by atoms with van der Waals surface area (Å²) < 4.78 is 2.21. The van der Waals surface area contributed by atoms with Gasteiger partial charge >= 0.3 is 0 Å². The van der Waals surface area contributed by atoms with Gasteiger partial charge in [0.2, 0.25) is 0 Å². The molecule has 0 saturated heterocycles. The molecule has 0 atom stereocenters. The highest BCUT2D eigenvalue weighted by molar-refractivity contribution is 5.09. The third kappa shape index (κ3) is 2.43. The topological polar surface area (TPSA) is 30.7 Å². The molecule has 0 aliphatic rings. The van der Waals surface area contributed by atoms with Crippen LogP contribution in [0.2, 0.25) is 0 Å². The number of imidazole rings is 1. The van der Waals surface area contributed by atoms with Crippen LogP contribution in [-0.4, -0.2) is 14.5 Å². The Labute approximate surface area is 89.8 Å². The molecule has 2 rings (SSSR count). The summed E-state index contributed by atoms with van der Waals surface area (Å²) in [6.07, 6.45) is 9.61. The number of rotatable bonds is 4. The van der Waals surface area contributed by atoms with Crippen molar-refractivity contribution in [1.29, 1.82) is 0 Å². The molecule has 0 unspecified atom stereocenters. The van der Waals surface area contributed by atoms with E-state index in [0.29, 0.717) is 0 Å². The van der Waals surface area contributed by atoms with Crippen molar-refractivity contribution in [1.82, 2.24) is 14.5 Å². The molecule has 3 nitrogen and oxygen atoms in total. The van der Waals surface area contributed by atoms with Gasteiger partial charge in [-0.05, 0) is 24.1 Å². The molecule has 0 aromatic carbocycles. The fraction of sp³-hybridized carbons (Fsp3) is 0.333. The lowest BCUT2D eigenvalue weighted by molar-refractivity contribution is 0.656. The number of hydrogen-bond acceptors (Lipinski definition) is 2. The Morgan fingerprint density at radius 2 is 2.00 bits per heavy atom. The van der Waals surface area contributed by atoms with Crippen molar-refractivity contribution >= 4 is 0 Å². The molecule has 2 aromatic rings. The highest BCUT2D eigenvalue weighted by Crippen LogP contribution is 2.03. The smallest absolute Gasteiger partial charge is 0.108 e. The summed E-state index contributed by atoms with van der Waals surface area (Å²) in [6.45, 7) is 3.12. The van der Waals surface area contributed by atoms with Gasteiger partial charge in [-0.1, -0.05) is 6.92 Å². The van der Waals surface area contributed by atoms with Crippen LogP contribution in [0, 0.1) is 0 Å². The largest absolute Gasteiger partial charge is 0.335 e. The van der Waals surface area contributed by atoms with Crippen LogP contribution in [0.1, 0.15) is 18.3 Å². The summed E-state index contributed by atoms with van der Waals surface area (Å²) in [4.78, 5) is 8.30. The molecule has 0 aliphatic carbocycles. The third-order valence-electron chi connectivity index (χ3n) is 2.51. The van der Waals surface area contributed by atoms with Gasteiger partial charge in [-0.3, -0.25) is 4.98 Å². The van der Waals surface area contributed by atoms with E-state index in [1.807, 2.05) is 24.8 Å². The first-order valence-corrected chi connectivity index (χ1v) is 5.29. The Kier molecular flexibility index (Phi) is 3.12. The molecule has 0 saturated carbocycles. The van der Waals surface area contributed by atoms with Gasteiger partial charge in [0.1, 0.15) is 5.82 Å². The Balaban J connectivity index is 1.99. The summed E-state index contributed by atoms with van der Waals surface area (Å²) in [6, 6.07) is 4.12. The normalized spacial score (nSPS) is 10.5. The molecule has 0 bridgehead atoms. The lowest BCUT2D eigenvalue weighted by Crippen LogP contribution is -2.04. The maximum atomic E-state index is 4.30. The quantitative estimate of drug-likeness (QED) is 0.758. The van der Waals surface area contributed by atoms with E-state index < -0.39 is 0 Å². The van der Waals surface area contributed by atoms with Crippen molar-refractivity contribution in [2.45, 2.75) is 26.3 Å². The van der Waals surface area contributed by atoms with E-state index in [1.54, 1.807) is 0 Å². The minimum Gasteiger partial charge on any atom is -0.335 e. The summed E-state index contributed by atoms with van der Waals surface area (Å²) in [7, 11) is 0. The second kappa shape index (κ2) is 4.73. The first-order valence-electron chi connectivity index (χ1n) is 5.29. The number of nitrogens with zero attached hydrogens (tertiary/aromatic N) is 3. The van der Waals surface area contributed by atoms with Crippen molar-refractivity contribution in [2.75, 3.05) is 0 Å². The summed E-state index contributed by atoms with van der Waals surface area (Å²) in [5, 5.41) is 0. The zero-order valence-electron chi connectivity index (χ0n) is 8.93. The van der Waals surface area contributed by atoms with Crippen LogP contribution >= 0.6 is 0 Å². The van der Waals surface area contributed by atoms with E-state index in [2.05, 4.69) is 33.6 Å². The minimum absolute atomic E-state index is 0.989. The highest BCUT2D eigenvalue weighted by atomic mass is 15.1. The molecule has 0 spiro atoms. The first kappa shape index (κ1) is 9.90. The molecule has 2 aromatic heterocycles. The third-order valence-corrected chi connectivity index (χ3v) is 2.51. The van der Waals surface area contributed by atoms with Gasteiger partial charge in [-0.25, -0.2) is 4.98 Å². The first-order chi connectivity index (χ1) is 7.40. The number of hydrogen-bond donors (Lipinski definition) is 0. The lowest BCUT2D eigenvalue weighted by atomic mass is 10.2. The molecular formula is C12H15N3. The fourth-order valence-corrected chi connectivity index (χ4v) is 1.66. The fourth-order valence-electron chi connectivity index (χ4n) is 1.66. The Morgan fingerprint density at radius 3 is 2.73 bits per heavy atom. The molecule has 78 valence electrons. The van der Waals surface area contributed by atoms with Crippen molar-refractivity contribution in [3.05, 3.63) is 48.3 Å². The maximum absolute atomic E-state index is 4.30. The monoisotopic (exact) mass is 201 g/mol. The van der Waals surface area contributed by atoms with Crippen molar-refractivity contribution in [2.24, 2.45) is 0 Å². The van der Waals surface area contributed by atoms with Crippen LogP contribution < -0.4 is 0 Å². The standard InChI is InChI=1S/C12H15N3/c1-2-12-14-8-10-15(12)9-5-11-3-6-13-7-4-11/h3-4,6-8,10H,2,5,9H2,1H3. The van der Waals surface area contributed by atoms with E-state index in [4.69, 9.17) is 0 Å². The summed E-state index contributed by atoms with van der Waals surface area (Å²) in [5.41, 5.74) is 1.32. The van der Waals surface area contributed by atoms with E-state index in [-0.39, 0.29) is 0 Å². The van der Waals surface area contributed by atoms with Crippen molar-refractivity contribution < 1.29 is 0 Å². The predicted octanol–water partition coefficient (Wildman–Crippen LogP) is 2.08. The van der Waals surface area contributed by atoms with Crippen LogP contribution in [0.4, 0.5) is 0 Å². The van der Waals surface area contributed by atoms with Gasteiger partial charge in [0, 0.05) is 37.8 Å². The van der Waals surface area contributed by atoms with Crippen LogP contribution in [-0.2, 0) is 19.4 Å². The Bertz CT molecular complexity index is 406. The Morgan fingerprint density at radius 1 is 1.20 bits per heavy atom. The molecular weight excluding hydrogens is 186 g/mol. The Hall–Kier alpha value is -1.64. The zero-order valence-corrected chi connectivity index (χ0v) is 8.93. The number of pyridine rings is 1. The van der Waals surface area contributed by atoms with E-state index in [9.17, 15) is 0 Å². The highest BCUT2D eigenvalue weighted by Gasteiger charge is 1.99. The van der Waals surface area contributed by atoms with Crippen LogP contribution in [0.3, 0.4) is 0 Å². The molecule has 0 aliphatic heterocycles. The van der Waals surface area contributed by atoms with E-state index >= 15 is 0 Å². The molecule has 0 radical (unpaired) electrons. The molecule has 0 fully saturated rings.